The maximum Gasteiger partial charge on any atom is 0.246 e. The maximum atomic E-state index is 13.9. The van der Waals surface area contributed by atoms with E-state index in [1.807, 2.05) is 41.3 Å². The highest BCUT2D eigenvalue weighted by molar-refractivity contribution is 5.98. The number of hydrogen-bond donors (Lipinski definition) is 1. The van der Waals surface area contributed by atoms with Gasteiger partial charge in [-0.25, -0.2) is 0 Å². The Bertz CT molecular complexity index is 1280. The van der Waals surface area contributed by atoms with Crippen LogP contribution in [0.4, 0.5) is 0 Å². The van der Waals surface area contributed by atoms with Gasteiger partial charge in [0.2, 0.25) is 11.8 Å². The van der Waals surface area contributed by atoms with Crippen molar-refractivity contribution in [2.24, 2.45) is 0 Å². The van der Waals surface area contributed by atoms with E-state index in [0.29, 0.717) is 17.9 Å². The third-order valence-corrected chi connectivity index (χ3v) is 7.79. The predicted octanol–water partition coefficient (Wildman–Crippen LogP) is 3.81. The largest absolute Gasteiger partial charge is 0.497 e. The van der Waals surface area contributed by atoms with Crippen LogP contribution >= 0.6 is 0 Å². The molecule has 2 atom stereocenters. The molecule has 34 heavy (non-hydrogen) atoms. The van der Waals surface area contributed by atoms with Crippen molar-refractivity contribution < 1.29 is 19.1 Å². The van der Waals surface area contributed by atoms with E-state index >= 15 is 0 Å². The van der Waals surface area contributed by atoms with Crippen molar-refractivity contribution in [2.75, 3.05) is 20.8 Å². The summed E-state index contributed by atoms with van der Waals surface area (Å²) in [6, 6.07) is 13.0. The molecular formula is C27H29N3O4. The second-order valence-corrected chi connectivity index (χ2v) is 9.50. The molecule has 2 fully saturated rings. The van der Waals surface area contributed by atoms with E-state index in [0.717, 1.165) is 53.4 Å². The molecule has 1 N–H and O–H groups in total. The van der Waals surface area contributed by atoms with E-state index in [1.54, 1.807) is 19.1 Å². The number of nitrogens with zero attached hydrogens (tertiary/aromatic N) is 2. The Hall–Kier alpha value is -3.48. The third-order valence-electron chi connectivity index (χ3n) is 7.79. The number of piperazine rings is 1. The monoisotopic (exact) mass is 459 g/mol. The Morgan fingerprint density at radius 2 is 1.79 bits per heavy atom. The fourth-order valence-corrected chi connectivity index (χ4v) is 6.18. The number of ether oxygens (including phenoxy) is 2. The summed E-state index contributed by atoms with van der Waals surface area (Å²) in [6.07, 6.45) is 4.73. The van der Waals surface area contributed by atoms with Crippen molar-refractivity contribution in [3.05, 3.63) is 59.3 Å². The van der Waals surface area contributed by atoms with Crippen LogP contribution in [0.25, 0.3) is 10.9 Å². The van der Waals surface area contributed by atoms with Crippen LogP contribution in [0.5, 0.6) is 11.5 Å². The second-order valence-electron chi connectivity index (χ2n) is 9.50. The summed E-state index contributed by atoms with van der Waals surface area (Å²) in [5.41, 5.74) is 3.92. The zero-order valence-electron chi connectivity index (χ0n) is 19.5. The maximum absolute atomic E-state index is 13.9. The average molecular weight is 460 g/mol. The van der Waals surface area contributed by atoms with Crippen LogP contribution in [-0.4, -0.2) is 59.4 Å². The Balaban J connectivity index is 1.53. The quantitative estimate of drug-likeness (QED) is 0.644. The SMILES string of the molecule is COc1ccc(C2c3[nH]c4ccccc4c3CC3C(=O)N(C4CCCC4)CC(=O)N32)c(OC)c1. The molecule has 7 heteroatoms. The van der Waals surface area contributed by atoms with E-state index < -0.39 is 12.1 Å². The highest BCUT2D eigenvalue weighted by atomic mass is 16.5. The fourth-order valence-electron chi connectivity index (χ4n) is 6.18. The number of hydrogen-bond acceptors (Lipinski definition) is 4. The minimum absolute atomic E-state index is 0.0105. The minimum atomic E-state index is -0.523. The minimum Gasteiger partial charge on any atom is -0.497 e. The Kier molecular flexibility index (Phi) is 5.01. The summed E-state index contributed by atoms with van der Waals surface area (Å²) in [4.78, 5) is 34.8. The number of carbonyl (C=O) groups is 2. The van der Waals surface area contributed by atoms with Crippen molar-refractivity contribution in [3.8, 4) is 11.5 Å². The number of para-hydroxylation sites is 1. The standard InChI is InChI=1S/C27H29N3O4/c1-33-17-11-12-19(23(13-17)34-2)26-25-20(18-9-5-6-10-21(18)28-25)14-22-27(32)29(15-24(31)30(22)26)16-7-3-4-8-16/h5-6,9-13,16,22,26,28H,3-4,7-8,14-15H2,1-2H3. The normalized spacial score (nSPS) is 22.8. The number of amides is 2. The van der Waals surface area contributed by atoms with Crippen LogP contribution in [-0.2, 0) is 16.0 Å². The molecule has 2 aromatic carbocycles. The van der Waals surface area contributed by atoms with Crippen molar-refractivity contribution in [1.29, 1.82) is 0 Å². The van der Waals surface area contributed by atoms with Crippen LogP contribution < -0.4 is 9.47 Å². The summed E-state index contributed by atoms with van der Waals surface area (Å²) >= 11 is 0. The van der Waals surface area contributed by atoms with E-state index in [1.165, 1.54) is 0 Å². The molecule has 1 aliphatic carbocycles. The lowest BCUT2D eigenvalue weighted by atomic mass is 9.85. The van der Waals surface area contributed by atoms with Gasteiger partial charge in [0.05, 0.1) is 14.2 Å². The van der Waals surface area contributed by atoms with Gasteiger partial charge in [-0.1, -0.05) is 31.0 Å². The third kappa shape index (κ3) is 3.10. The van der Waals surface area contributed by atoms with Gasteiger partial charge in [-0.15, -0.1) is 0 Å². The number of aromatic nitrogens is 1. The van der Waals surface area contributed by atoms with Gasteiger partial charge in [-0.05, 0) is 36.6 Å². The number of methoxy groups -OCH3 is 2. The number of rotatable bonds is 4. The molecule has 3 aliphatic rings. The molecule has 2 unspecified atom stereocenters. The fraction of sp³-hybridized carbons (Fsp3) is 0.407. The van der Waals surface area contributed by atoms with Crippen LogP contribution in [0.2, 0.25) is 0 Å². The zero-order valence-corrected chi connectivity index (χ0v) is 19.5. The topological polar surface area (TPSA) is 74.9 Å². The van der Waals surface area contributed by atoms with Gasteiger partial charge in [0.15, 0.2) is 0 Å². The van der Waals surface area contributed by atoms with Gasteiger partial charge >= 0.3 is 0 Å². The first kappa shape index (κ1) is 21.1. The highest BCUT2D eigenvalue weighted by Crippen LogP contribution is 2.46. The van der Waals surface area contributed by atoms with Crippen LogP contribution in [0.15, 0.2) is 42.5 Å². The number of aromatic amines is 1. The summed E-state index contributed by atoms with van der Waals surface area (Å²) in [5.74, 6) is 1.37. The van der Waals surface area contributed by atoms with Gasteiger partial charge in [-0.2, -0.15) is 0 Å². The molecule has 1 aromatic heterocycles. The van der Waals surface area contributed by atoms with Gasteiger partial charge < -0.3 is 24.3 Å². The molecule has 6 rings (SSSR count). The molecule has 176 valence electrons. The smallest absolute Gasteiger partial charge is 0.246 e. The highest BCUT2D eigenvalue weighted by Gasteiger charge is 2.50. The van der Waals surface area contributed by atoms with Crippen molar-refractivity contribution >= 4 is 22.7 Å². The van der Waals surface area contributed by atoms with Gasteiger partial charge in [0, 0.05) is 40.7 Å². The Labute approximate surface area is 198 Å². The number of carbonyl (C=O) groups excluding carboxylic acids is 2. The first-order chi connectivity index (χ1) is 16.6. The molecule has 2 aliphatic heterocycles. The molecule has 0 radical (unpaired) electrons. The molecule has 3 heterocycles. The second kappa shape index (κ2) is 8.08. The molecule has 1 saturated carbocycles. The number of nitrogens with one attached hydrogen (secondary N) is 1. The van der Waals surface area contributed by atoms with E-state index in [9.17, 15) is 9.59 Å². The van der Waals surface area contributed by atoms with Gasteiger partial charge in [0.25, 0.3) is 0 Å². The van der Waals surface area contributed by atoms with Crippen LogP contribution in [0.3, 0.4) is 0 Å². The number of benzene rings is 2. The van der Waals surface area contributed by atoms with Crippen LogP contribution in [0, 0.1) is 0 Å². The summed E-state index contributed by atoms with van der Waals surface area (Å²) < 4.78 is 11.2. The lowest BCUT2D eigenvalue weighted by Crippen LogP contribution is -2.64. The Morgan fingerprint density at radius 1 is 1.00 bits per heavy atom. The number of fused-ring (bicyclic) bond motifs is 4. The van der Waals surface area contributed by atoms with Crippen molar-refractivity contribution in [2.45, 2.75) is 50.2 Å². The molecule has 0 bridgehead atoms. The lowest BCUT2D eigenvalue weighted by Gasteiger charge is -2.48. The molecule has 7 nitrogen and oxygen atoms in total. The predicted molar refractivity (Wildman–Crippen MR) is 128 cm³/mol. The summed E-state index contributed by atoms with van der Waals surface area (Å²) in [6.45, 7) is 0.143. The van der Waals surface area contributed by atoms with Crippen LogP contribution in [0.1, 0.15) is 48.5 Å². The zero-order chi connectivity index (χ0) is 23.4. The molecule has 2 amide bonds. The summed E-state index contributed by atoms with van der Waals surface area (Å²) in [7, 11) is 3.24. The first-order valence-electron chi connectivity index (χ1n) is 12.0. The lowest BCUT2D eigenvalue weighted by molar-refractivity contribution is -0.160. The number of H-pyrrole nitrogens is 1. The van der Waals surface area contributed by atoms with Gasteiger partial charge in [-0.3, -0.25) is 9.59 Å². The average Bonchev–Trinajstić information content (AvgIpc) is 3.53. The molecule has 3 aromatic rings. The van der Waals surface area contributed by atoms with E-state index in [-0.39, 0.29) is 24.4 Å². The molecular weight excluding hydrogens is 430 g/mol. The Morgan fingerprint density at radius 3 is 2.56 bits per heavy atom. The van der Waals surface area contributed by atoms with Crippen molar-refractivity contribution in [3.63, 3.8) is 0 Å². The van der Waals surface area contributed by atoms with Gasteiger partial charge in [0.1, 0.15) is 30.1 Å². The molecule has 1 saturated heterocycles. The summed E-state index contributed by atoms with van der Waals surface area (Å²) in [5, 5.41) is 1.10. The molecule has 0 spiro atoms. The van der Waals surface area contributed by atoms with E-state index in [4.69, 9.17) is 9.47 Å². The first-order valence-corrected chi connectivity index (χ1v) is 12.0. The van der Waals surface area contributed by atoms with Crippen molar-refractivity contribution in [1.82, 2.24) is 14.8 Å². The van der Waals surface area contributed by atoms with E-state index in [2.05, 4.69) is 11.1 Å².